The molecule has 0 bridgehead atoms. The molecule has 3 aromatic rings. The van der Waals surface area contributed by atoms with Gasteiger partial charge in [-0.3, -0.25) is 4.79 Å². The van der Waals surface area contributed by atoms with E-state index >= 15 is 0 Å². The third kappa shape index (κ3) is 4.90. The van der Waals surface area contributed by atoms with Crippen LogP contribution in [-0.2, 0) is 11.3 Å². The fourth-order valence-electron chi connectivity index (χ4n) is 2.43. The van der Waals surface area contributed by atoms with E-state index in [9.17, 15) is 4.79 Å². The van der Waals surface area contributed by atoms with Gasteiger partial charge in [-0.25, -0.2) is 0 Å². The van der Waals surface area contributed by atoms with Crippen LogP contribution in [-0.4, -0.2) is 12.0 Å². The number of hydrogen-bond acceptors (Lipinski definition) is 4. The standard InChI is InChI=1S/C21H17ClN2O3/c1-14(26-18-8-2-15(12-23)3-9-18)21(25)24-13-19-10-11-20(27-19)16-4-6-17(22)7-5-16/h2-11,14H,13H2,1H3,(H,24,25)/t14-/m1/s1. The zero-order chi connectivity index (χ0) is 19.2. The molecule has 0 fully saturated rings. The fourth-order valence-corrected chi connectivity index (χ4v) is 2.55. The highest BCUT2D eigenvalue weighted by molar-refractivity contribution is 6.30. The first kappa shape index (κ1) is 18.6. The highest BCUT2D eigenvalue weighted by Gasteiger charge is 2.15. The van der Waals surface area contributed by atoms with Crippen molar-refractivity contribution in [2.45, 2.75) is 19.6 Å². The number of nitrogens with zero attached hydrogens (tertiary/aromatic N) is 1. The summed E-state index contributed by atoms with van der Waals surface area (Å²) in [6.45, 7) is 1.92. The van der Waals surface area contributed by atoms with Crippen LogP contribution in [0.15, 0.2) is 65.1 Å². The third-order valence-electron chi connectivity index (χ3n) is 3.89. The van der Waals surface area contributed by atoms with Crippen LogP contribution in [0.4, 0.5) is 0 Å². The normalized spacial score (nSPS) is 11.4. The van der Waals surface area contributed by atoms with Gasteiger partial charge in [0.05, 0.1) is 18.2 Å². The molecule has 136 valence electrons. The van der Waals surface area contributed by atoms with Crippen molar-refractivity contribution in [2.24, 2.45) is 0 Å². The van der Waals surface area contributed by atoms with Crippen molar-refractivity contribution in [3.05, 3.63) is 77.0 Å². The maximum absolute atomic E-state index is 12.2. The van der Waals surface area contributed by atoms with E-state index in [1.165, 1.54) is 0 Å². The van der Waals surface area contributed by atoms with Gasteiger partial charge in [0.25, 0.3) is 5.91 Å². The molecular formula is C21H17ClN2O3. The van der Waals surface area contributed by atoms with Crippen LogP contribution in [0, 0.1) is 11.3 Å². The monoisotopic (exact) mass is 380 g/mol. The van der Waals surface area contributed by atoms with Gasteiger partial charge in [-0.05, 0) is 67.6 Å². The molecule has 27 heavy (non-hydrogen) atoms. The lowest BCUT2D eigenvalue weighted by atomic mass is 10.2. The van der Waals surface area contributed by atoms with Crippen molar-refractivity contribution in [3.8, 4) is 23.1 Å². The Bertz CT molecular complexity index is 956. The molecule has 0 unspecified atom stereocenters. The summed E-state index contributed by atoms with van der Waals surface area (Å²) in [5.41, 5.74) is 1.45. The number of nitriles is 1. The molecule has 0 aliphatic rings. The lowest BCUT2D eigenvalue weighted by Gasteiger charge is -2.14. The summed E-state index contributed by atoms with van der Waals surface area (Å²) in [5.74, 6) is 1.61. The van der Waals surface area contributed by atoms with Gasteiger partial charge in [0.2, 0.25) is 0 Å². The van der Waals surface area contributed by atoms with Crippen molar-refractivity contribution in [1.29, 1.82) is 5.26 Å². The average molecular weight is 381 g/mol. The Morgan fingerprint density at radius 2 is 1.85 bits per heavy atom. The highest BCUT2D eigenvalue weighted by Crippen LogP contribution is 2.23. The maximum atomic E-state index is 12.2. The second kappa shape index (κ2) is 8.43. The van der Waals surface area contributed by atoms with Crippen LogP contribution in [0.5, 0.6) is 5.75 Å². The van der Waals surface area contributed by atoms with Gasteiger partial charge in [-0.15, -0.1) is 0 Å². The Balaban J connectivity index is 1.54. The molecule has 2 aromatic carbocycles. The van der Waals surface area contributed by atoms with Gasteiger partial charge in [0.15, 0.2) is 6.10 Å². The first-order chi connectivity index (χ1) is 13.0. The molecule has 1 heterocycles. The van der Waals surface area contributed by atoms with Crippen LogP contribution in [0.25, 0.3) is 11.3 Å². The van der Waals surface area contributed by atoms with E-state index in [1.807, 2.05) is 30.3 Å². The third-order valence-corrected chi connectivity index (χ3v) is 4.14. The van der Waals surface area contributed by atoms with Crippen molar-refractivity contribution in [2.75, 3.05) is 0 Å². The van der Waals surface area contributed by atoms with Crippen molar-refractivity contribution in [1.82, 2.24) is 5.32 Å². The summed E-state index contributed by atoms with van der Waals surface area (Å²) in [4.78, 5) is 12.2. The summed E-state index contributed by atoms with van der Waals surface area (Å²) in [6, 6.07) is 19.6. The molecule has 3 rings (SSSR count). The van der Waals surface area contributed by atoms with Gasteiger partial charge < -0.3 is 14.5 Å². The Morgan fingerprint density at radius 1 is 1.15 bits per heavy atom. The molecule has 6 heteroatoms. The number of furan rings is 1. The Labute approximate surface area is 162 Å². The summed E-state index contributed by atoms with van der Waals surface area (Å²) in [6.07, 6.45) is -0.677. The number of carbonyl (C=O) groups is 1. The molecule has 0 aliphatic heterocycles. The molecule has 0 saturated carbocycles. The van der Waals surface area contributed by atoms with Crippen LogP contribution in [0.2, 0.25) is 5.02 Å². The average Bonchev–Trinajstić information content (AvgIpc) is 3.16. The van der Waals surface area contributed by atoms with Crippen LogP contribution in [0.1, 0.15) is 18.2 Å². The van der Waals surface area contributed by atoms with Crippen LogP contribution >= 0.6 is 11.6 Å². The van der Waals surface area contributed by atoms with E-state index in [1.54, 1.807) is 43.3 Å². The SMILES string of the molecule is C[C@@H](Oc1ccc(C#N)cc1)C(=O)NCc1ccc(-c2ccc(Cl)cc2)o1. The highest BCUT2D eigenvalue weighted by atomic mass is 35.5. The number of ether oxygens (including phenoxy) is 1. The van der Waals surface area contributed by atoms with E-state index in [4.69, 9.17) is 26.0 Å². The van der Waals surface area contributed by atoms with Gasteiger partial charge in [0.1, 0.15) is 17.3 Å². The van der Waals surface area contributed by atoms with Crippen LogP contribution in [0.3, 0.4) is 0 Å². The summed E-state index contributed by atoms with van der Waals surface area (Å²) in [7, 11) is 0. The lowest BCUT2D eigenvalue weighted by molar-refractivity contribution is -0.127. The second-order valence-electron chi connectivity index (χ2n) is 5.89. The molecule has 0 aliphatic carbocycles. The minimum absolute atomic E-state index is 0.257. The molecule has 0 radical (unpaired) electrons. The number of hydrogen-bond donors (Lipinski definition) is 1. The quantitative estimate of drug-likeness (QED) is 0.680. The predicted molar refractivity (Wildman–Crippen MR) is 102 cm³/mol. The molecule has 0 saturated heterocycles. The zero-order valence-corrected chi connectivity index (χ0v) is 15.4. The molecular weight excluding hydrogens is 364 g/mol. The van der Waals surface area contributed by atoms with E-state index in [2.05, 4.69) is 5.32 Å². The lowest BCUT2D eigenvalue weighted by Crippen LogP contribution is -2.35. The van der Waals surface area contributed by atoms with Crippen molar-refractivity contribution < 1.29 is 13.9 Å². The second-order valence-corrected chi connectivity index (χ2v) is 6.32. The van der Waals surface area contributed by atoms with E-state index in [0.717, 1.165) is 5.56 Å². The minimum Gasteiger partial charge on any atom is -0.481 e. The Kier molecular flexibility index (Phi) is 5.80. The van der Waals surface area contributed by atoms with Gasteiger partial charge >= 0.3 is 0 Å². The van der Waals surface area contributed by atoms with Gasteiger partial charge in [-0.2, -0.15) is 5.26 Å². The van der Waals surface area contributed by atoms with Gasteiger partial charge in [-0.1, -0.05) is 11.6 Å². The van der Waals surface area contributed by atoms with E-state index < -0.39 is 6.10 Å². The van der Waals surface area contributed by atoms with Crippen molar-refractivity contribution >= 4 is 17.5 Å². The fraction of sp³-hybridized carbons (Fsp3) is 0.143. The van der Waals surface area contributed by atoms with Crippen molar-refractivity contribution in [3.63, 3.8) is 0 Å². The first-order valence-electron chi connectivity index (χ1n) is 8.34. The first-order valence-corrected chi connectivity index (χ1v) is 8.72. The number of benzene rings is 2. The largest absolute Gasteiger partial charge is 0.481 e. The number of amides is 1. The Morgan fingerprint density at radius 3 is 2.52 bits per heavy atom. The Hall–Kier alpha value is -3.23. The van der Waals surface area contributed by atoms with E-state index in [0.29, 0.717) is 27.9 Å². The van der Waals surface area contributed by atoms with E-state index in [-0.39, 0.29) is 12.5 Å². The summed E-state index contributed by atoms with van der Waals surface area (Å²) < 4.78 is 11.3. The number of nitrogens with one attached hydrogen (secondary N) is 1. The topological polar surface area (TPSA) is 75.3 Å². The smallest absolute Gasteiger partial charge is 0.261 e. The molecule has 1 aromatic heterocycles. The minimum atomic E-state index is -0.677. The van der Waals surface area contributed by atoms with Gasteiger partial charge in [0, 0.05) is 10.6 Å². The number of rotatable bonds is 6. The molecule has 0 spiro atoms. The summed E-state index contributed by atoms with van der Waals surface area (Å²) >= 11 is 5.89. The summed E-state index contributed by atoms with van der Waals surface area (Å²) in [5, 5.41) is 12.2. The number of carbonyl (C=O) groups excluding carboxylic acids is 1. The maximum Gasteiger partial charge on any atom is 0.261 e. The number of halogens is 1. The molecule has 1 atom stereocenters. The predicted octanol–water partition coefficient (Wildman–Crippen LogP) is 4.56. The molecule has 1 amide bonds. The molecule has 1 N–H and O–H groups in total. The molecule has 5 nitrogen and oxygen atoms in total. The zero-order valence-electron chi connectivity index (χ0n) is 14.6. The van der Waals surface area contributed by atoms with Crippen LogP contribution < -0.4 is 10.1 Å².